The molecule has 1 aromatic carbocycles. The van der Waals surface area contributed by atoms with Crippen molar-refractivity contribution in [1.82, 2.24) is 4.90 Å². The first-order chi connectivity index (χ1) is 9.00. The van der Waals surface area contributed by atoms with Crippen LogP contribution in [-0.2, 0) is 4.79 Å². The molecule has 1 aliphatic carbocycles. The molecule has 0 aromatic heterocycles. The van der Waals surface area contributed by atoms with Gasteiger partial charge in [0.05, 0.1) is 6.10 Å². The Balaban J connectivity index is 2.01. The maximum Gasteiger partial charge on any atom is 0.226 e. The lowest BCUT2D eigenvalue weighted by atomic mass is 10.1. The summed E-state index contributed by atoms with van der Waals surface area (Å²) in [7, 11) is 0. The molecule has 1 fully saturated rings. The molecule has 0 spiro atoms. The summed E-state index contributed by atoms with van der Waals surface area (Å²) in [5.74, 6) is 0.650. The van der Waals surface area contributed by atoms with Crippen LogP contribution in [0.15, 0.2) is 30.3 Å². The highest BCUT2D eigenvalue weighted by Crippen LogP contribution is 2.48. The molecule has 1 N–H and O–H groups in total. The Morgan fingerprint density at radius 1 is 1.32 bits per heavy atom. The first-order valence-corrected chi connectivity index (χ1v) is 7.04. The van der Waals surface area contributed by atoms with Gasteiger partial charge in [0.25, 0.3) is 0 Å². The van der Waals surface area contributed by atoms with E-state index in [0.29, 0.717) is 12.5 Å². The van der Waals surface area contributed by atoms with Crippen molar-refractivity contribution in [3.63, 3.8) is 0 Å². The number of aliphatic hydroxyl groups is 1. The third-order valence-corrected chi connectivity index (χ3v) is 3.70. The molecule has 2 rings (SSSR count). The maximum atomic E-state index is 12.5. The molecular weight excluding hydrogens is 238 g/mol. The van der Waals surface area contributed by atoms with Gasteiger partial charge in [-0.3, -0.25) is 4.79 Å². The van der Waals surface area contributed by atoms with Crippen molar-refractivity contribution in [2.45, 2.75) is 45.3 Å². The van der Waals surface area contributed by atoms with Gasteiger partial charge < -0.3 is 10.0 Å². The van der Waals surface area contributed by atoms with Crippen molar-refractivity contribution in [3.05, 3.63) is 35.9 Å². The minimum absolute atomic E-state index is 0.101. The molecule has 104 valence electrons. The Bertz CT molecular complexity index is 428. The Kier molecular flexibility index (Phi) is 4.25. The van der Waals surface area contributed by atoms with Crippen molar-refractivity contribution in [2.24, 2.45) is 5.92 Å². The molecule has 3 atom stereocenters. The summed E-state index contributed by atoms with van der Waals surface area (Å²) in [6.45, 7) is 6.15. The number of benzene rings is 1. The molecule has 0 aliphatic heterocycles. The second-order valence-corrected chi connectivity index (χ2v) is 5.79. The standard InChI is InChI=1S/C16H23NO2/c1-11(2)17(10-12(3)18)16(19)15-9-14(15)13-7-5-4-6-8-13/h4-8,11-12,14-15,18H,9-10H2,1-3H3. The first-order valence-electron chi connectivity index (χ1n) is 7.04. The van der Waals surface area contributed by atoms with Crippen molar-refractivity contribution in [1.29, 1.82) is 0 Å². The summed E-state index contributed by atoms with van der Waals surface area (Å²) in [5, 5.41) is 9.51. The average molecular weight is 261 g/mol. The molecule has 0 bridgehead atoms. The lowest BCUT2D eigenvalue weighted by molar-refractivity contribution is -0.135. The number of amides is 1. The number of carbonyl (C=O) groups is 1. The molecule has 0 saturated heterocycles. The maximum absolute atomic E-state index is 12.5. The SMILES string of the molecule is CC(O)CN(C(=O)C1CC1c1ccccc1)C(C)C. The molecule has 3 heteroatoms. The fourth-order valence-electron chi connectivity index (χ4n) is 2.59. The van der Waals surface area contributed by atoms with Gasteiger partial charge in [0, 0.05) is 18.5 Å². The third kappa shape index (κ3) is 3.35. The molecule has 1 aromatic rings. The predicted molar refractivity (Wildman–Crippen MR) is 75.8 cm³/mol. The summed E-state index contributed by atoms with van der Waals surface area (Å²) in [6, 6.07) is 10.4. The van der Waals surface area contributed by atoms with E-state index in [1.165, 1.54) is 5.56 Å². The topological polar surface area (TPSA) is 40.5 Å². The Hall–Kier alpha value is -1.35. The van der Waals surface area contributed by atoms with Crippen LogP contribution in [0.1, 0.15) is 38.7 Å². The first kappa shape index (κ1) is 14.1. The van der Waals surface area contributed by atoms with Gasteiger partial charge in [-0.2, -0.15) is 0 Å². The summed E-state index contributed by atoms with van der Waals surface area (Å²) < 4.78 is 0. The van der Waals surface area contributed by atoms with E-state index >= 15 is 0 Å². The normalized spacial score (nSPS) is 23.2. The molecule has 0 radical (unpaired) electrons. The van der Waals surface area contributed by atoms with Gasteiger partial charge in [-0.15, -0.1) is 0 Å². The van der Waals surface area contributed by atoms with Crippen molar-refractivity contribution >= 4 is 5.91 Å². The number of hydrogen-bond acceptors (Lipinski definition) is 2. The monoisotopic (exact) mass is 261 g/mol. The number of hydrogen-bond donors (Lipinski definition) is 1. The highest BCUT2D eigenvalue weighted by molar-refractivity contribution is 5.83. The molecule has 19 heavy (non-hydrogen) atoms. The zero-order chi connectivity index (χ0) is 14.0. The molecule has 3 unspecified atom stereocenters. The van der Waals surface area contributed by atoms with Gasteiger partial charge in [-0.1, -0.05) is 30.3 Å². The number of carbonyl (C=O) groups excluding carboxylic acids is 1. The Labute approximate surface area is 115 Å². The summed E-state index contributed by atoms with van der Waals surface area (Å²) in [6.07, 6.45) is 0.464. The minimum atomic E-state index is -0.472. The summed E-state index contributed by atoms with van der Waals surface area (Å²) in [4.78, 5) is 14.3. The molecular formula is C16H23NO2. The fraction of sp³-hybridized carbons (Fsp3) is 0.562. The largest absolute Gasteiger partial charge is 0.392 e. The highest BCUT2D eigenvalue weighted by Gasteiger charge is 2.46. The van der Waals surface area contributed by atoms with Crippen LogP contribution in [0.3, 0.4) is 0 Å². The van der Waals surface area contributed by atoms with Crippen LogP contribution in [0.4, 0.5) is 0 Å². The van der Waals surface area contributed by atoms with Crippen molar-refractivity contribution in [2.75, 3.05) is 6.54 Å². The molecule has 3 nitrogen and oxygen atoms in total. The predicted octanol–water partition coefficient (Wildman–Crippen LogP) is 2.41. The van der Waals surface area contributed by atoms with Gasteiger partial charge in [0.15, 0.2) is 0 Å². The highest BCUT2D eigenvalue weighted by atomic mass is 16.3. The minimum Gasteiger partial charge on any atom is -0.392 e. The van der Waals surface area contributed by atoms with Crippen LogP contribution in [0, 0.1) is 5.92 Å². The molecule has 1 saturated carbocycles. The Morgan fingerprint density at radius 3 is 2.47 bits per heavy atom. The number of rotatable bonds is 5. The number of aliphatic hydroxyl groups excluding tert-OH is 1. The van der Waals surface area contributed by atoms with Gasteiger partial charge in [0.1, 0.15) is 0 Å². The second kappa shape index (κ2) is 5.74. The molecule has 0 heterocycles. The van der Waals surface area contributed by atoms with Crippen LogP contribution in [0.5, 0.6) is 0 Å². The van der Waals surface area contributed by atoms with E-state index in [0.717, 1.165) is 6.42 Å². The summed E-state index contributed by atoms with van der Waals surface area (Å²) >= 11 is 0. The zero-order valence-corrected chi connectivity index (χ0v) is 11.9. The van der Waals surface area contributed by atoms with Gasteiger partial charge in [-0.25, -0.2) is 0 Å². The van der Waals surface area contributed by atoms with Crippen LogP contribution in [0.25, 0.3) is 0 Å². The average Bonchev–Trinajstić information content (AvgIpc) is 3.16. The number of nitrogens with zero attached hydrogens (tertiary/aromatic N) is 1. The zero-order valence-electron chi connectivity index (χ0n) is 11.9. The van der Waals surface area contributed by atoms with Gasteiger partial charge in [-0.05, 0) is 38.7 Å². The lowest BCUT2D eigenvalue weighted by Gasteiger charge is -2.28. The van der Waals surface area contributed by atoms with Crippen LogP contribution < -0.4 is 0 Å². The van der Waals surface area contributed by atoms with E-state index in [2.05, 4.69) is 12.1 Å². The second-order valence-electron chi connectivity index (χ2n) is 5.79. The Morgan fingerprint density at radius 2 is 1.95 bits per heavy atom. The fourth-order valence-corrected chi connectivity index (χ4v) is 2.59. The molecule has 1 amide bonds. The van der Waals surface area contributed by atoms with Crippen LogP contribution in [-0.4, -0.2) is 34.6 Å². The van der Waals surface area contributed by atoms with E-state index in [1.807, 2.05) is 32.0 Å². The van der Waals surface area contributed by atoms with E-state index in [4.69, 9.17) is 0 Å². The van der Waals surface area contributed by atoms with Crippen molar-refractivity contribution < 1.29 is 9.90 Å². The van der Waals surface area contributed by atoms with Gasteiger partial charge in [0.2, 0.25) is 5.91 Å². The van der Waals surface area contributed by atoms with Crippen molar-refractivity contribution in [3.8, 4) is 0 Å². The van der Waals surface area contributed by atoms with E-state index < -0.39 is 6.10 Å². The third-order valence-electron chi connectivity index (χ3n) is 3.70. The summed E-state index contributed by atoms with van der Waals surface area (Å²) in [5.41, 5.74) is 1.25. The lowest BCUT2D eigenvalue weighted by Crippen LogP contribution is -2.42. The van der Waals surface area contributed by atoms with Crippen LogP contribution in [0.2, 0.25) is 0 Å². The van der Waals surface area contributed by atoms with E-state index in [9.17, 15) is 9.90 Å². The van der Waals surface area contributed by atoms with Gasteiger partial charge >= 0.3 is 0 Å². The van der Waals surface area contributed by atoms with E-state index in [1.54, 1.807) is 11.8 Å². The smallest absolute Gasteiger partial charge is 0.226 e. The van der Waals surface area contributed by atoms with E-state index in [-0.39, 0.29) is 17.9 Å². The van der Waals surface area contributed by atoms with Crippen LogP contribution >= 0.6 is 0 Å². The quantitative estimate of drug-likeness (QED) is 0.884. The molecule has 1 aliphatic rings.